The lowest BCUT2D eigenvalue weighted by Crippen LogP contribution is -2.32. The molecule has 0 aromatic heterocycles. The van der Waals surface area contributed by atoms with E-state index in [9.17, 15) is 9.18 Å². The van der Waals surface area contributed by atoms with E-state index in [1.165, 1.54) is 11.1 Å². The summed E-state index contributed by atoms with van der Waals surface area (Å²) in [5, 5.41) is 2.96. The van der Waals surface area contributed by atoms with E-state index in [2.05, 4.69) is 44.9 Å². The number of rotatable bonds is 11. The summed E-state index contributed by atoms with van der Waals surface area (Å²) in [6.07, 6.45) is 2.85. The Morgan fingerprint density at radius 3 is 2.56 bits per heavy atom. The zero-order valence-corrected chi connectivity index (χ0v) is 20.7. The summed E-state index contributed by atoms with van der Waals surface area (Å²) in [7, 11) is 3.32. The largest absolute Gasteiger partial charge is 0.493 e. The second kappa shape index (κ2) is 12.2. The van der Waals surface area contributed by atoms with Crippen molar-refractivity contribution in [3.05, 3.63) is 50.6 Å². The Kier molecular flexibility index (Phi) is 9.40. The maximum absolute atomic E-state index is 12.6. The number of benzene rings is 2. The highest BCUT2D eigenvalue weighted by molar-refractivity contribution is 14.1. The Bertz CT molecular complexity index is 925. The molecular weight excluding hydrogens is 522 g/mol. The summed E-state index contributed by atoms with van der Waals surface area (Å²) in [5.74, 6) is 1.77. The van der Waals surface area contributed by atoms with Gasteiger partial charge in [0.25, 0.3) is 5.91 Å². The van der Waals surface area contributed by atoms with Gasteiger partial charge in [0.1, 0.15) is 19.0 Å². The van der Waals surface area contributed by atoms with E-state index >= 15 is 0 Å². The Labute approximate surface area is 202 Å². The quantitative estimate of drug-likeness (QED) is 0.334. The Morgan fingerprint density at radius 2 is 1.84 bits per heavy atom. The van der Waals surface area contributed by atoms with Crippen molar-refractivity contribution in [2.24, 2.45) is 0 Å². The molecular formula is C24H30FIN2O4. The zero-order valence-electron chi connectivity index (χ0n) is 18.6. The number of carbonyl (C=O) groups excluding carboxylic acids is 1. The number of methoxy groups -OCH3 is 2. The van der Waals surface area contributed by atoms with Gasteiger partial charge < -0.3 is 19.5 Å². The minimum absolute atomic E-state index is 0.0571. The molecule has 0 bridgehead atoms. The SMILES string of the molecule is COc1cc2c(cc1OC)CN(CCCCNC(=O)c1cc([123I])ccc1OCCF)CC2. The molecule has 8 heteroatoms. The van der Waals surface area contributed by atoms with Crippen LogP contribution in [0, 0.1) is 3.57 Å². The fraction of sp³-hybridized carbons (Fsp3) is 0.458. The molecule has 1 aliphatic heterocycles. The molecule has 0 saturated carbocycles. The van der Waals surface area contributed by atoms with Crippen LogP contribution in [0.15, 0.2) is 30.3 Å². The van der Waals surface area contributed by atoms with Gasteiger partial charge in [-0.25, -0.2) is 4.39 Å². The summed E-state index contributed by atoms with van der Waals surface area (Å²) in [5.41, 5.74) is 3.04. The molecule has 0 unspecified atom stereocenters. The van der Waals surface area contributed by atoms with Crippen molar-refractivity contribution in [1.82, 2.24) is 10.2 Å². The first-order chi connectivity index (χ1) is 15.5. The predicted molar refractivity (Wildman–Crippen MR) is 131 cm³/mol. The summed E-state index contributed by atoms with van der Waals surface area (Å²) in [6.45, 7) is 2.80. The monoisotopic (exact) mass is 552 g/mol. The maximum Gasteiger partial charge on any atom is 0.255 e. The average Bonchev–Trinajstić information content (AvgIpc) is 2.81. The van der Waals surface area contributed by atoms with Crippen LogP contribution in [0.5, 0.6) is 17.2 Å². The molecule has 0 saturated heterocycles. The van der Waals surface area contributed by atoms with Gasteiger partial charge in [-0.05, 0) is 89.9 Å². The van der Waals surface area contributed by atoms with Crippen LogP contribution in [-0.2, 0) is 13.0 Å². The Morgan fingerprint density at radius 1 is 1.09 bits per heavy atom. The molecule has 1 amide bonds. The van der Waals surface area contributed by atoms with Gasteiger partial charge in [0, 0.05) is 23.2 Å². The smallest absolute Gasteiger partial charge is 0.255 e. The topological polar surface area (TPSA) is 60.0 Å². The van der Waals surface area contributed by atoms with Crippen LogP contribution in [0.25, 0.3) is 0 Å². The molecule has 32 heavy (non-hydrogen) atoms. The summed E-state index contributed by atoms with van der Waals surface area (Å²) >= 11 is 2.15. The molecule has 174 valence electrons. The minimum atomic E-state index is -0.589. The van der Waals surface area contributed by atoms with Crippen LogP contribution >= 0.6 is 22.6 Å². The Hall–Kier alpha value is -2.07. The lowest BCUT2D eigenvalue weighted by Gasteiger charge is -2.29. The number of hydrogen-bond donors (Lipinski definition) is 1. The molecule has 1 heterocycles. The number of ether oxygens (including phenoxy) is 3. The fourth-order valence-electron chi connectivity index (χ4n) is 3.84. The zero-order chi connectivity index (χ0) is 22.9. The third-order valence-corrected chi connectivity index (χ3v) is 6.18. The molecule has 2 aromatic rings. The van der Waals surface area contributed by atoms with Gasteiger partial charge in [-0.3, -0.25) is 9.69 Å². The first-order valence-corrected chi connectivity index (χ1v) is 11.9. The summed E-state index contributed by atoms with van der Waals surface area (Å²) in [6, 6.07) is 9.47. The number of alkyl halides is 1. The molecule has 0 atom stereocenters. The summed E-state index contributed by atoms with van der Waals surface area (Å²) < 4.78 is 29.6. The molecule has 0 fully saturated rings. The van der Waals surface area contributed by atoms with Crippen molar-refractivity contribution in [2.75, 3.05) is 47.1 Å². The normalized spacial score (nSPS) is 13.4. The molecule has 1 aliphatic rings. The second-order valence-electron chi connectivity index (χ2n) is 7.64. The number of nitrogens with one attached hydrogen (secondary N) is 1. The number of hydrogen-bond acceptors (Lipinski definition) is 5. The predicted octanol–water partition coefficient (Wildman–Crippen LogP) is 4.23. The number of nitrogens with zero attached hydrogens (tertiary/aromatic N) is 1. The lowest BCUT2D eigenvalue weighted by atomic mass is 9.98. The van der Waals surface area contributed by atoms with Crippen molar-refractivity contribution in [3.8, 4) is 17.2 Å². The second-order valence-corrected chi connectivity index (χ2v) is 8.89. The number of amides is 1. The van der Waals surface area contributed by atoms with Gasteiger partial charge in [0.15, 0.2) is 11.5 Å². The van der Waals surface area contributed by atoms with Crippen LogP contribution in [0.3, 0.4) is 0 Å². The third-order valence-electron chi connectivity index (χ3n) is 5.50. The lowest BCUT2D eigenvalue weighted by molar-refractivity contribution is 0.0947. The first-order valence-electron chi connectivity index (χ1n) is 10.8. The average molecular weight is 552 g/mol. The minimum Gasteiger partial charge on any atom is -0.493 e. The first kappa shape index (κ1) is 24.6. The van der Waals surface area contributed by atoms with Crippen LogP contribution in [0.1, 0.15) is 34.3 Å². The van der Waals surface area contributed by atoms with Gasteiger partial charge in [-0.2, -0.15) is 0 Å². The van der Waals surface area contributed by atoms with Crippen molar-refractivity contribution >= 4 is 28.5 Å². The fourth-order valence-corrected chi connectivity index (χ4v) is 4.34. The van der Waals surface area contributed by atoms with E-state index in [0.29, 0.717) is 17.9 Å². The number of fused-ring (bicyclic) bond motifs is 1. The van der Waals surface area contributed by atoms with Crippen LogP contribution < -0.4 is 19.5 Å². The molecule has 0 spiro atoms. The molecule has 6 nitrogen and oxygen atoms in total. The highest BCUT2D eigenvalue weighted by atomic mass is 123. The van der Waals surface area contributed by atoms with Crippen LogP contribution in [0.4, 0.5) is 4.39 Å². The highest BCUT2D eigenvalue weighted by Gasteiger charge is 2.19. The van der Waals surface area contributed by atoms with E-state index in [1.54, 1.807) is 26.4 Å². The Balaban J connectivity index is 1.45. The van der Waals surface area contributed by atoms with Crippen molar-refractivity contribution in [3.63, 3.8) is 0 Å². The molecule has 1 N–H and O–H groups in total. The van der Waals surface area contributed by atoms with Gasteiger partial charge in [-0.1, -0.05) is 0 Å². The van der Waals surface area contributed by atoms with Gasteiger partial charge in [-0.15, -0.1) is 0 Å². The number of unbranched alkanes of at least 4 members (excludes halogenated alkanes) is 1. The van der Waals surface area contributed by atoms with Crippen LogP contribution in [-0.4, -0.2) is 57.9 Å². The molecule has 0 radical (unpaired) electrons. The molecule has 2 aromatic carbocycles. The van der Waals surface area contributed by atoms with Crippen LogP contribution in [0.2, 0.25) is 0 Å². The summed E-state index contributed by atoms with van der Waals surface area (Å²) in [4.78, 5) is 15.0. The third kappa shape index (κ3) is 6.48. The van der Waals surface area contributed by atoms with Gasteiger partial charge in [0.2, 0.25) is 0 Å². The van der Waals surface area contributed by atoms with Crippen molar-refractivity contribution in [1.29, 1.82) is 0 Å². The van der Waals surface area contributed by atoms with E-state index < -0.39 is 6.67 Å². The van der Waals surface area contributed by atoms with E-state index in [-0.39, 0.29) is 12.5 Å². The van der Waals surface area contributed by atoms with E-state index in [0.717, 1.165) is 54.0 Å². The highest BCUT2D eigenvalue weighted by Crippen LogP contribution is 2.33. The van der Waals surface area contributed by atoms with Crippen molar-refractivity contribution in [2.45, 2.75) is 25.8 Å². The molecule has 3 rings (SSSR count). The van der Waals surface area contributed by atoms with E-state index in [1.807, 2.05) is 6.07 Å². The van der Waals surface area contributed by atoms with Crippen molar-refractivity contribution < 1.29 is 23.4 Å². The number of halogens is 2. The van der Waals surface area contributed by atoms with E-state index in [4.69, 9.17) is 14.2 Å². The van der Waals surface area contributed by atoms with Gasteiger partial charge in [0.05, 0.1) is 19.8 Å². The molecule has 0 aliphatic carbocycles. The van der Waals surface area contributed by atoms with Gasteiger partial charge >= 0.3 is 0 Å². The standard InChI is InChI=1S/C24H30FIN2O4/c1-30-22-13-17-7-11-28(16-18(17)14-23(22)31-2)10-4-3-9-27-24(29)20-15-19(26)5-6-21(20)32-12-8-25/h5-6,13-15H,3-4,7-12,16H2,1-2H3,(H,27,29)/i26-4. The number of carbonyl (C=O) groups is 1. The maximum atomic E-state index is 12.6.